The molecule has 15 heavy (non-hydrogen) atoms. The summed E-state index contributed by atoms with van der Waals surface area (Å²) < 4.78 is 4.60. The standard InChI is InChI=1S/C11H16N2O2/c1-8(2)12-13-10-6-4-9(5-7-10)11(14)15-3/h4-8,12-13H,1-3H3. The van der Waals surface area contributed by atoms with Gasteiger partial charge in [0, 0.05) is 11.7 Å². The fourth-order valence-corrected chi connectivity index (χ4v) is 1.04. The Kier molecular flexibility index (Phi) is 4.12. The third-order valence-corrected chi connectivity index (χ3v) is 1.81. The van der Waals surface area contributed by atoms with Crippen molar-refractivity contribution in [3.8, 4) is 0 Å². The molecule has 0 saturated carbocycles. The van der Waals surface area contributed by atoms with Crippen LogP contribution in [0.25, 0.3) is 0 Å². The number of methoxy groups -OCH3 is 1. The van der Waals surface area contributed by atoms with Crippen molar-refractivity contribution in [2.24, 2.45) is 0 Å². The van der Waals surface area contributed by atoms with E-state index < -0.39 is 0 Å². The molecule has 0 radical (unpaired) electrons. The second-order valence-corrected chi connectivity index (χ2v) is 3.49. The lowest BCUT2D eigenvalue weighted by atomic mass is 10.2. The Bertz CT molecular complexity index is 320. The molecule has 0 heterocycles. The predicted molar refractivity (Wildman–Crippen MR) is 59.7 cm³/mol. The molecule has 0 fully saturated rings. The fourth-order valence-electron chi connectivity index (χ4n) is 1.04. The molecular weight excluding hydrogens is 192 g/mol. The summed E-state index contributed by atoms with van der Waals surface area (Å²) in [4.78, 5) is 11.1. The van der Waals surface area contributed by atoms with Gasteiger partial charge >= 0.3 is 5.97 Å². The van der Waals surface area contributed by atoms with E-state index in [1.165, 1.54) is 7.11 Å². The number of hydrazine groups is 1. The van der Waals surface area contributed by atoms with E-state index in [2.05, 4.69) is 15.6 Å². The van der Waals surface area contributed by atoms with Crippen LogP contribution in [-0.4, -0.2) is 19.1 Å². The second-order valence-electron chi connectivity index (χ2n) is 3.49. The molecule has 4 nitrogen and oxygen atoms in total. The van der Waals surface area contributed by atoms with Crippen LogP contribution in [0.5, 0.6) is 0 Å². The Hall–Kier alpha value is -1.55. The fraction of sp³-hybridized carbons (Fsp3) is 0.364. The Morgan fingerprint density at radius 2 is 1.87 bits per heavy atom. The number of carbonyl (C=O) groups excluding carboxylic acids is 1. The topological polar surface area (TPSA) is 50.4 Å². The van der Waals surface area contributed by atoms with Crippen molar-refractivity contribution >= 4 is 11.7 Å². The van der Waals surface area contributed by atoms with Crippen molar-refractivity contribution in [1.82, 2.24) is 5.43 Å². The maximum absolute atomic E-state index is 11.1. The predicted octanol–water partition coefficient (Wildman–Crippen LogP) is 1.80. The van der Waals surface area contributed by atoms with Gasteiger partial charge in [-0.25, -0.2) is 10.2 Å². The average molecular weight is 208 g/mol. The van der Waals surface area contributed by atoms with Crippen molar-refractivity contribution in [3.63, 3.8) is 0 Å². The monoisotopic (exact) mass is 208 g/mol. The van der Waals surface area contributed by atoms with Crippen LogP contribution in [0.15, 0.2) is 24.3 Å². The first-order valence-corrected chi connectivity index (χ1v) is 4.83. The molecule has 0 aromatic heterocycles. The van der Waals surface area contributed by atoms with Gasteiger partial charge in [-0.1, -0.05) is 0 Å². The Balaban J connectivity index is 2.60. The Morgan fingerprint density at radius 3 is 2.33 bits per heavy atom. The van der Waals surface area contributed by atoms with E-state index in [1.54, 1.807) is 12.1 Å². The number of benzene rings is 1. The zero-order valence-electron chi connectivity index (χ0n) is 9.20. The summed E-state index contributed by atoms with van der Waals surface area (Å²) in [6.07, 6.45) is 0. The highest BCUT2D eigenvalue weighted by molar-refractivity contribution is 5.89. The van der Waals surface area contributed by atoms with Crippen LogP contribution in [0.3, 0.4) is 0 Å². The van der Waals surface area contributed by atoms with E-state index in [0.29, 0.717) is 11.6 Å². The minimum Gasteiger partial charge on any atom is -0.465 e. The van der Waals surface area contributed by atoms with Gasteiger partial charge in [-0.3, -0.25) is 0 Å². The molecule has 82 valence electrons. The van der Waals surface area contributed by atoms with Gasteiger partial charge in [0.25, 0.3) is 0 Å². The summed E-state index contributed by atoms with van der Waals surface area (Å²) in [5.74, 6) is -0.321. The highest BCUT2D eigenvalue weighted by Crippen LogP contribution is 2.09. The molecule has 0 saturated heterocycles. The molecule has 0 bridgehead atoms. The van der Waals surface area contributed by atoms with E-state index >= 15 is 0 Å². The van der Waals surface area contributed by atoms with E-state index in [1.807, 2.05) is 26.0 Å². The summed E-state index contributed by atoms with van der Waals surface area (Å²) in [6, 6.07) is 7.43. The highest BCUT2D eigenvalue weighted by atomic mass is 16.5. The second kappa shape index (κ2) is 5.36. The number of anilines is 1. The lowest BCUT2D eigenvalue weighted by Gasteiger charge is -2.11. The molecule has 0 aliphatic carbocycles. The summed E-state index contributed by atoms with van der Waals surface area (Å²) in [5, 5.41) is 0. The zero-order chi connectivity index (χ0) is 11.3. The Morgan fingerprint density at radius 1 is 1.27 bits per heavy atom. The first-order chi connectivity index (χ1) is 7.13. The summed E-state index contributed by atoms with van der Waals surface area (Å²) in [6.45, 7) is 4.08. The summed E-state index contributed by atoms with van der Waals surface area (Å²) in [7, 11) is 1.37. The van der Waals surface area contributed by atoms with E-state index in [0.717, 1.165) is 5.69 Å². The lowest BCUT2D eigenvalue weighted by molar-refractivity contribution is 0.0601. The van der Waals surface area contributed by atoms with E-state index in [4.69, 9.17) is 0 Å². The summed E-state index contributed by atoms with van der Waals surface area (Å²) >= 11 is 0. The van der Waals surface area contributed by atoms with Gasteiger partial charge in [0.1, 0.15) is 0 Å². The lowest BCUT2D eigenvalue weighted by Crippen LogP contribution is -2.28. The van der Waals surface area contributed by atoms with Gasteiger partial charge in [-0.2, -0.15) is 0 Å². The molecule has 0 spiro atoms. The van der Waals surface area contributed by atoms with Crippen LogP contribution in [0.2, 0.25) is 0 Å². The molecule has 4 heteroatoms. The van der Waals surface area contributed by atoms with E-state index in [-0.39, 0.29) is 5.97 Å². The van der Waals surface area contributed by atoms with Crippen LogP contribution >= 0.6 is 0 Å². The largest absolute Gasteiger partial charge is 0.465 e. The molecule has 1 aromatic rings. The van der Waals surface area contributed by atoms with Gasteiger partial charge in [-0.15, -0.1) is 0 Å². The number of hydrogen-bond donors (Lipinski definition) is 2. The van der Waals surface area contributed by atoms with Gasteiger partial charge in [-0.05, 0) is 38.1 Å². The van der Waals surface area contributed by atoms with Gasteiger partial charge in [0.15, 0.2) is 0 Å². The number of esters is 1. The van der Waals surface area contributed by atoms with Crippen LogP contribution < -0.4 is 10.9 Å². The number of ether oxygens (including phenoxy) is 1. The molecule has 1 rings (SSSR count). The van der Waals surface area contributed by atoms with Crippen LogP contribution in [-0.2, 0) is 4.74 Å². The normalized spacial score (nSPS) is 10.1. The van der Waals surface area contributed by atoms with Crippen molar-refractivity contribution in [1.29, 1.82) is 0 Å². The third kappa shape index (κ3) is 3.59. The maximum Gasteiger partial charge on any atom is 0.337 e. The third-order valence-electron chi connectivity index (χ3n) is 1.81. The van der Waals surface area contributed by atoms with Crippen LogP contribution in [0, 0.1) is 0 Å². The SMILES string of the molecule is COC(=O)c1ccc(NNC(C)C)cc1. The minimum absolute atomic E-state index is 0.321. The molecule has 2 N–H and O–H groups in total. The van der Waals surface area contributed by atoms with Crippen LogP contribution in [0.4, 0.5) is 5.69 Å². The molecule has 0 atom stereocenters. The zero-order valence-corrected chi connectivity index (χ0v) is 9.20. The molecule has 0 aliphatic rings. The molecular formula is C11H16N2O2. The van der Waals surface area contributed by atoms with Crippen molar-refractivity contribution in [2.75, 3.05) is 12.5 Å². The first kappa shape index (κ1) is 11.5. The van der Waals surface area contributed by atoms with Crippen molar-refractivity contribution in [3.05, 3.63) is 29.8 Å². The number of nitrogens with one attached hydrogen (secondary N) is 2. The Labute approximate surface area is 89.6 Å². The van der Waals surface area contributed by atoms with Crippen molar-refractivity contribution in [2.45, 2.75) is 19.9 Å². The number of hydrogen-bond acceptors (Lipinski definition) is 4. The molecule has 0 unspecified atom stereocenters. The van der Waals surface area contributed by atoms with Crippen LogP contribution in [0.1, 0.15) is 24.2 Å². The average Bonchev–Trinajstić information content (AvgIpc) is 2.26. The van der Waals surface area contributed by atoms with Crippen molar-refractivity contribution < 1.29 is 9.53 Å². The van der Waals surface area contributed by atoms with Gasteiger partial charge in [0.05, 0.1) is 12.7 Å². The maximum atomic E-state index is 11.1. The van der Waals surface area contributed by atoms with E-state index in [9.17, 15) is 4.79 Å². The molecule has 0 aliphatic heterocycles. The highest BCUT2D eigenvalue weighted by Gasteiger charge is 2.03. The quantitative estimate of drug-likeness (QED) is 0.585. The summed E-state index contributed by atoms with van der Waals surface area (Å²) in [5.41, 5.74) is 7.55. The molecule has 0 amide bonds. The number of carbonyl (C=O) groups is 1. The number of rotatable bonds is 4. The molecule has 1 aromatic carbocycles. The van der Waals surface area contributed by atoms with Gasteiger partial charge < -0.3 is 10.2 Å². The first-order valence-electron chi connectivity index (χ1n) is 4.83. The smallest absolute Gasteiger partial charge is 0.337 e. The minimum atomic E-state index is -0.321. The van der Waals surface area contributed by atoms with Gasteiger partial charge in [0.2, 0.25) is 0 Å².